The molecule has 22 heavy (non-hydrogen) atoms. The van der Waals surface area contributed by atoms with Crippen molar-refractivity contribution in [2.24, 2.45) is 0 Å². The van der Waals surface area contributed by atoms with E-state index in [2.05, 4.69) is 0 Å². The summed E-state index contributed by atoms with van der Waals surface area (Å²) < 4.78 is 37.4. The van der Waals surface area contributed by atoms with Crippen molar-refractivity contribution in [3.8, 4) is 12.3 Å². The predicted octanol–water partition coefficient (Wildman–Crippen LogP) is 1.21. The van der Waals surface area contributed by atoms with E-state index in [9.17, 15) is 22.8 Å². The SMILES string of the molecule is C#CCN(N[C@@H](Cc1ccccc1)C(=O)O)C(=O)C(F)(F)F. The van der Waals surface area contributed by atoms with Crippen LogP contribution in [0.2, 0.25) is 0 Å². The van der Waals surface area contributed by atoms with Crippen molar-refractivity contribution >= 4 is 11.9 Å². The summed E-state index contributed by atoms with van der Waals surface area (Å²) in [6, 6.07) is 6.85. The summed E-state index contributed by atoms with van der Waals surface area (Å²) in [5.41, 5.74) is 2.62. The monoisotopic (exact) mass is 314 g/mol. The van der Waals surface area contributed by atoms with Crippen LogP contribution < -0.4 is 5.43 Å². The van der Waals surface area contributed by atoms with Crippen LogP contribution >= 0.6 is 0 Å². The van der Waals surface area contributed by atoms with Gasteiger partial charge in [0, 0.05) is 6.42 Å². The molecule has 1 amide bonds. The third-order valence-electron chi connectivity index (χ3n) is 2.63. The number of rotatable bonds is 6. The van der Waals surface area contributed by atoms with E-state index in [-0.39, 0.29) is 11.4 Å². The zero-order valence-corrected chi connectivity index (χ0v) is 11.3. The smallest absolute Gasteiger partial charge is 0.472 e. The van der Waals surface area contributed by atoms with Crippen LogP contribution in [0.5, 0.6) is 0 Å². The lowest BCUT2D eigenvalue weighted by molar-refractivity contribution is -0.189. The fourth-order valence-corrected chi connectivity index (χ4v) is 1.65. The minimum atomic E-state index is -5.15. The molecule has 1 aromatic carbocycles. The second-order valence-electron chi connectivity index (χ2n) is 4.30. The first-order valence-corrected chi connectivity index (χ1v) is 6.10. The number of benzene rings is 1. The van der Waals surface area contributed by atoms with Gasteiger partial charge < -0.3 is 5.11 Å². The number of halogens is 3. The zero-order chi connectivity index (χ0) is 16.8. The van der Waals surface area contributed by atoms with Gasteiger partial charge >= 0.3 is 18.1 Å². The molecule has 1 rings (SSSR count). The lowest BCUT2D eigenvalue weighted by Crippen LogP contribution is -2.55. The first kappa shape index (κ1) is 17.5. The Morgan fingerprint density at radius 1 is 1.32 bits per heavy atom. The lowest BCUT2D eigenvalue weighted by atomic mass is 10.1. The number of amides is 1. The van der Waals surface area contributed by atoms with Crippen molar-refractivity contribution < 1.29 is 27.9 Å². The minimum Gasteiger partial charge on any atom is -0.480 e. The van der Waals surface area contributed by atoms with Crippen LogP contribution in [0.15, 0.2) is 30.3 Å². The molecule has 1 aromatic rings. The normalized spacial score (nSPS) is 12.3. The molecule has 5 nitrogen and oxygen atoms in total. The molecular formula is C14H13F3N2O3. The van der Waals surface area contributed by atoms with E-state index in [0.717, 1.165) is 0 Å². The number of aliphatic carboxylic acids is 1. The molecule has 118 valence electrons. The van der Waals surface area contributed by atoms with Gasteiger partial charge in [-0.15, -0.1) is 6.42 Å². The van der Waals surface area contributed by atoms with E-state index in [0.29, 0.717) is 5.56 Å². The molecule has 0 fully saturated rings. The fourth-order valence-electron chi connectivity index (χ4n) is 1.65. The molecule has 0 heterocycles. The number of hydrogen-bond acceptors (Lipinski definition) is 3. The summed E-state index contributed by atoms with van der Waals surface area (Å²) in [7, 11) is 0. The highest BCUT2D eigenvalue weighted by atomic mass is 19.4. The maximum atomic E-state index is 12.5. The molecule has 0 saturated carbocycles. The van der Waals surface area contributed by atoms with Gasteiger partial charge in [-0.25, -0.2) is 5.43 Å². The highest BCUT2D eigenvalue weighted by Crippen LogP contribution is 2.17. The van der Waals surface area contributed by atoms with E-state index in [1.54, 1.807) is 30.3 Å². The number of hydrazine groups is 1. The van der Waals surface area contributed by atoms with E-state index >= 15 is 0 Å². The van der Waals surface area contributed by atoms with E-state index in [4.69, 9.17) is 11.5 Å². The third kappa shape index (κ3) is 5.10. The molecular weight excluding hydrogens is 301 g/mol. The van der Waals surface area contributed by atoms with Crippen molar-refractivity contribution in [2.45, 2.75) is 18.6 Å². The maximum Gasteiger partial charge on any atom is 0.472 e. The van der Waals surface area contributed by atoms with Crippen LogP contribution in [0.1, 0.15) is 5.56 Å². The first-order chi connectivity index (χ1) is 10.3. The number of nitrogens with one attached hydrogen (secondary N) is 1. The second-order valence-corrected chi connectivity index (χ2v) is 4.30. The van der Waals surface area contributed by atoms with Gasteiger partial charge in [-0.05, 0) is 5.56 Å². The topological polar surface area (TPSA) is 69.6 Å². The molecule has 0 aliphatic carbocycles. The van der Waals surface area contributed by atoms with Gasteiger partial charge in [0.2, 0.25) is 0 Å². The number of terminal acetylenes is 1. The number of carboxylic acid groups (broad SMARTS) is 1. The Balaban J connectivity index is 2.89. The first-order valence-electron chi connectivity index (χ1n) is 6.10. The Labute approximate surface area is 124 Å². The standard InChI is InChI=1S/C14H13F3N2O3/c1-2-8-19(13(22)14(15,16)17)18-11(12(20)21)9-10-6-4-3-5-7-10/h1,3-7,11,18H,8-9H2,(H,20,21)/t11-/m0/s1. The molecule has 0 saturated heterocycles. The maximum absolute atomic E-state index is 12.5. The summed E-state index contributed by atoms with van der Waals surface area (Å²) in [5, 5.41) is 9.19. The van der Waals surface area contributed by atoms with Gasteiger partial charge in [0.1, 0.15) is 6.04 Å². The van der Waals surface area contributed by atoms with Crippen LogP contribution in [0.25, 0.3) is 0 Å². The molecule has 0 spiro atoms. The zero-order valence-electron chi connectivity index (χ0n) is 11.3. The molecule has 0 bridgehead atoms. The van der Waals surface area contributed by atoms with Gasteiger partial charge in [0.15, 0.2) is 0 Å². The van der Waals surface area contributed by atoms with Gasteiger partial charge in [-0.1, -0.05) is 36.3 Å². The van der Waals surface area contributed by atoms with Gasteiger partial charge in [-0.2, -0.15) is 13.2 Å². The van der Waals surface area contributed by atoms with E-state index in [1.165, 1.54) is 0 Å². The lowest BCUT2D eigenvalue weighted by Gasteiger charge is -2.26. The van der Waals surface area contributed by atoms with Gasteiger partial charge in [0.25, 0.3) is 0 Å². The average molecular weight is 314 g/mol. The van der Waals surface area contributed by atoms with Crippen LogP contribution in [0.3, 0.4) is 0 Å². The summed E-state index contributed by atoms with van der Waals surface area (Å²) in [4.78, 5) is 22.4. The number of carbonyl (C=O) groups excluding carboxylic acids is 1. The Morgan fingerprint density at radius 2 is 1.91 bits per heavy atom. The number of alkyl halides is 3. The van der Waals surface area contributed by atoms with Gasteiger partial charge in [-0.3, -0.25) is 14.6 Å². The van der Waals surface area contributed by atoms with Crippen LogP contribution in [-0.4, -0.2) is 40.8 Å². The van der Waals surface area contributed by atoms with Crippen LogP contribution in [-0.2, 0) is 16.0 Å². The Hall–Kier alpha value is -2.53. The number of carbonyl (C=O) groups is 2. The molecule has 0 aliphatic heterocycles. The fraction of sp³-hybridized carbons (Fsp3) is 0.286. The van der Waals surface area contributed by atoms with Crippen molar-refractivity contribution in [1.29, 1.82) is 0 Å². The quantitative estimate of drug-likeness (QED) is 0.612. The van der Waals surface area contributed by atoms with E-state index in [1.807, 2.05) is 11.3 Å². The highest BCUT2D eigenvalue weighted by Gasteiger charge is 2.43. The summed E-state index contributed by atoms with van der Waals surface area (Å²) >= 11 is 0. The van der Waals surface area contributed by atoms with Crippen molar-refractivity contribution in [2.75, 3.05) is 6.54 Å². The Kier molecular flexibility index (Phi) is 5.95. The van der Waals surface area contributed by atoms with Crippen molar-refractivity contribution in [3.05, 3.63) is 35.9 Å². The second kappa shape index (κ2) is 7.47. The average Bonchev–Trinajstić information content (AvgIpc) is 2.45. The number of hydrogen-bond donors (Lipinski definition) is 2. The highest BCUT2D eigenvalue weighted by molar-refractivity contribution is 5.82. The van der Waals surface area contributed by atoms with Crippen molar-refractivity contribution in [3.63, 3.8) is 0 Å². The Bertz CT molecular complexity index is 567. The van der Waals surface area contributed by atoms with E-state index < -0.39 is 30.6 Å². The van der Waals surface area contributed by atoms with Crippen molar-refractivity contribution in [1.82, 2.24) is 10.4 Å². The van der Waals surface area contributed by atoms with Crippen LogP contribution in [0, 0.1) is 12.3 Å². The molecule has 0 aromatic heterocycles. The molecule has 1 atom stereocenters. The van der Waals surface area contributed by atoms with Crippen LogP contribution in [0.4, 0.5) is 13.2 Å². The molecule has 8 heteroatoms. The molecule has 2 N–H and O–H groups in total. The van der Waals surface area contributed by atoms with Gasteiger partial charge in [0.05, 0.1) is 6.54 Å². The molecule has 0 unspecified atom stereocenters. The summed E-state index contributed by atoms with van der Waals surface area (Å²) in [6.07, 6.45) is -0.346. The minimum absolute atomic E-state index is 0.0850. The summed E-state index contributed by atoms with van der Waals surface area (Å²) in [6.45, 7) is -0.711. The largest absolute Gasteiger partial charge is 0.480 e. The third-order valence-corrected chi connectivity index (χ3v) is 2.63. The number of carboxylic acids is 1. The summed E-state index contributed by atoms with van der Waals surface area (Å²) in [5.74, 6) is -1.77. The Morgan fingerprint density at radius 3 is 2.36 bits per heavy atom. The molecule has 0 aliphatic rings. The molecule has 0 radical (unpaired) electrons. The number of nitrogens with zero attached hydrogens (tertiary/aromatic N) is 1. The predicted molar refractivity (Wildman–Crippen MR) is 71.3 cm³/mol.